The van der Waals surface area contributed by atoms with Gasteiger partial charge in [-0.05, 0) is 46.9 Å². The molecule has 1 atom stereocenters. The molecule has 3 rings (SSSR count). The first kappa shape index (κ1) is 23.1. The predicted octanol–water partition coefficient (Wildman–Crippen LogP) is 4.02. The molecule has 0 saturated carbocycles. The van der Waals surface area contributed by atoms with E-state index in [0.717, 1.165) is 22.5 Å². The summed E-state index contributed by atoms with van der Waals surface area (Å²) in [5.41, 5.74) is 3.70. The maximum atomic E-state index is 12.0. The highest BCUT2D eigenvalue weighted by Crippen LogP contribution is 2.23. The molecule has 8 heteroatoms. The minimum absolute atomic E-state index is 0.0539. The zero-order chi connectivity index (χ0) is 23.1. The Bertz CT molecular complexity index is 1190. The number of carbonyl (C=O) groups is 1. The molecule has 2 aromatic carbocycles. The topological polar surface area (TPSA) is 120 Å². The lowest BCUT2D eigenvalue weighted by Crippen LogP contribution is -2.32. The molecule has 0 amide bonds. The van der Waals surface area contributed by atoms with E-state index in [4.69, 9.17) is 5.41 Å². The molecule has 166 valence electrons. The van der Waals surface area contributed by atoms with Crippen LogP contribution in [0.5, 0.6) is 0 Å². The molecule has 3 aromatic rings. The summed E-state index contributed by atoms with van der Waals surface area (Å²) >= 11 is 0. The zero-order valence-corrected chi connectivity index (χ0v) is 18.5. The van der Waals surface area contributed by atoms with Crippen LogP contribution in [0.4, 0.5) is 5.82 Å². The SMILES string of the molecule is CCS(=O)(=O)C(=N)[C@@H](Cc1ccc(-c2cccc(CNc3ccccn3)c2)cc1)C(=O)O. The van der Waals surface area contributed by atoms with Crippen LogP contribution in [0.15, 0.2) is 72.9 Å². The number of benzene rings is 2. The number of anilines is 1. The second kappa shape index (κ2) is 10.2. The van der Waals surface area contributed by atoms with Crippen LogP contribution in [0.1, 0.15) is 18.1 Å². The summed E-state index contributed by atoms with van der Waals surface area (Å²) in [5, 5.41) is 19.8. The predicted molar refractivity (Wildman–Crippen MR) is 125 cm³/mol. The number of carboxylic acids is 1. The van der Waals surface area contributed by atoms with Crippen molar-refractivity contribution in [3.8, 4) is 11.1 Å². The van der Waals surface area contributed by atoms with Gasteiger partial charge in [0.2, 0.25) is 0 Å². The van der Waals surface area contributed by atoms with Crippen molar-refractivity contribution < 1.29 is 18.3 Å². The van der Waals surface area contributed by atoms with Crippen LogP contribution < -0.4 is 5.32 Å². The maximum absolute atomic E-state index is 12.0. The molecular formula is C24H25N3O4S. The number of aromatic nitrogens is 1. The van der Waals surface area contributed by atoms with Gasteiger partial charge in [-0.15, -0.1) is 0 Å². The van der Waals surface area contributed by atoms with Crippen LogP contribution in [-0.2, 0) is 27.6 Å². The van der Waals surface area contributed by atoms with Crippen LogP contribution in [0.2, 0.25) is 0 Å². The van der Waals surface area contributed by atoms with Gasteiger partial charge < -0.3 is 10.4 Å². The summed E-state index contributed by atoms with van der Waals surface area (Å²) in [6.07, 6.45) is 1.68. The second-order valence-electron chi connectivity index (χ2n) is 7.33. The van der Waals surface area contributed by atoms with Gasteiger partial charge in [0.25, 0.3) is 0 Å². The summed E-state index contributed by atoms with van der Waals surface area (Å²) in [7, 11) is -3.85. The van der Waals surface area contributed by atoms with Crippen LogP contribution in [0.3, 0.4) is 0 Å². The monoisotopic (exact) mass is 451 g/mol. The Hall–Kier alpha value is -3.52. The number of sulfone groups is 1. The van der Waals surface area contributed by atoms with Crippen molar-refractivity contribution in [1.82, 2.24) is 4.98 Å². The van der Waals surface area contributed by atoms with Crippen molar-refractivity contribution in [3.05, 3.63) is 84.1 Å². The maximum Gasteiger partial charge on any atom is 0.313 e. The number of hydrogen-bond acceptors (Lipinski definition) is 6. The van der Waals surface area contributed by atoms with E-state index in [0.29, 0.717) is 12.1 Å². The van der Waals surface area contributed by atoms with Gasteiger partial charge in [-0.3, -0.25) is 10.2 Å². The van der Waals surface area contributed by atoms with Gasteiger partial charge in [-0.1, -0.05) is 55.5 Å². The van der Waals surface area contributed by atoms with Crippen molar-refractivity contribution in [1.29, 1.82) is 5.41 Å². The van der Waals surface area contributed by atoms with Crippen LogP contribution in [0.25, 0.3) is 11.1 Å². The number of pyridine rings is 1. The molecule has 1 aromatic heterocycles. The fraction of sp³-hybridized carbons (Fsp3) is 0.208. The summed E-state index contributed by atoms with van der Waals surface area (Å²) < 4.78 is 23.9. The molecule has 0 radical (unpaired) electrons. The molecule has 0 aliphatic heterocycles. The Balaban J connectivity index is 1.72. The van der Waals surface area contributed by atoms with Crippen LogP contribution >= 0.6 is 0 Å². The van der Waals surface area contributed by atoms with E-state index in [1.165, 1.54) is 6.92 Å². The quantitative estimate of drug-likeness (QED) is 0.334. The molecule has 0 fully saturated rings. The van der Waals surface area contributed by atoms with E-state index in [-0.39, 0.29) is 12.2 Å². The minimum Gasteiger partial charge on any atom is -0.481 e. The Labute approximate surface area is 187 Å². The van der Waals surface area contributed by atoms with Gasteiger partial charge >= 0.3 is 5.97 Å². The average molecular weight is 452 g/mol. The van der Waals surface area contributed by atoms with Crippen molar-refractivity contribution in [3.63, 3.8) is 0 Å². The third kappa shape index (κ3) is 5.79. The molecule has 0 spiro atoms. The van der Waals surface area contributed by atoms with E-state index >= 15 is 0 Å². The number of rotatable bonds is 9. The number of nitrogens with one attached hydrogen (secondary N) is 2. The molecule has 7 nitrogen and oxygen atoms in total. The lowest BCUT2D eigenvalue weighted by molar-refractivity contribution is -0.139. The fourth-order valence-electron chi connectivity index (χ4n) is 3.25. The Kier molecular flexibility index (Phi) is 7.37. The van der Waals surface area contributed by atoms with Crippen molar-refractivity contribution in [2.75, 3.05) is 11.1 Å². The Morgan fingerprint density at radius 2 is 1.78 bits per heavy atom. The van der Waals surface area contributed by atoms with Crippen LogP contribution in [0, 0.1) is 11.3 Å². The fourth-order valence-corrected chi connectivity index (χ4v) is 4.18. The number of nitrogens with zero attached hydrogens (tertiary/aromatic N) is 1. The van der Waals surface area contributed by atoms with Crippen molar-refractivity contribution in [2.24, 2.45) is 5.92 Å². The second-order valence-corrected chi connectivity index (χ2v) is 9.58. The first-order valence-electron chi connectivity index (χ1n) is 10.2. The van der Waals surface area contributed by atoms with E-state index in [9.17, 15) is 18.3 Å². The van der Waals surface area contributed by atoms with Gasteiger partial charge in [0.1, 0.15) is 16.8 Å². The first-order valence-corrected chi connectivity index (χ1v) is 11.8. The lowest BCUT2D eigenvalue weighted by atomic mass is 9.97. The largest absolute Gasteiger partial charge is 0.481 e. The Morgan fingerprint density at radius 3 is 2.41 bits per heavy atom. The minimum atomic E-state index is -3.85. The highest BCUT2D eigenvalue weighted by atomic mass is 32.2. The summed E-state index contributed by atoms with van der Waals surface area (Å²) in [6.45, 7) is 2.02. The highest BCUT2D eigenvalue weighted by molar-refractivity contribution is 8.06. The van der Waals surface area contributed by atoms with Crippen LogP contribution in [-0.4, -0.2) is 35.3 Å². The first-order chi connectivity index (χ1) is 15.3. The van der Waals surface area contributed by atoms with Crippen molar-refractivity contribution >= 4 is 26.7 Å². The normalized spacial score (nSPS) is 12.2. The summed E-state index contributed by atoms with van der Waals surface area (Å²) in [4.78, 5) is 15.8. The standard InChI is InChI=1S/C24H25N3O4S/c1-2-32(30,31)23(25)21(24(28)29)15-17-9-11-19(12-10-17)20-7-5-6-18(14-20)16-27-22-8-3-4-13-26-22/h3-14,21,25H,2,15-16H2,1H3,(H,26,27)(H,28,29)/t21-/m1/s1. The molecule has 1 heterocycles. The third-order valence-electron chi connectivity index (χ3n) is 5.12. The van der Waals surface area contributed by atoms with Gasteiger partial charge in [-0.25, -0.2) is 13.4 Å². The van der Waals surface area contributed by atoms with Gasteiger partial charge in [0.15, 0.2) is 9.84 Å². The summed E-state index contributed by atoms with van der Waals surface area (Å²) in [6, 6.07) is 21.0. The van der Waals surface area contributed by atoms with Gasteiger partial charge in [0, 0.05) is 12.7 Å². The van der Waals surface area contributed by atoms with Gasteiger partial charge in [-0.2, -0.15) is 0 Å². The van der Waals surface area contributed by atoms with Gasteiger partial charge in [0.05, 0.1) is 5.75 Å². The smallest absolute Gasteiger partial charge is 0.313 e. The summed E-state index contributed by atoms with van der Waals surface area (Å²) in [5.74, 6) is -2.21. The average Bonchev–Trinajstić information content (AvgIpc) is 2.82. The number of aliphatic carboxylic acids is 1. The molecule has 0 bridgehead atoms. The molecule has 0 saturated heterocycles. The molecule has 0 aliphatic carbocycles. The molecule has 3 N–H and O–H groups in total. The third-order valence-corrected chi connectivity index (χ3v) is 6.84. The van der Waals surface area contributed by atoms with E-state index in [2.05, 4.69) is 16.4 Å². The van der Waals surface area contributed by atoms with E-state index in [1.807, 2.05) is 48.5 Å². The van der Waals surface area contributed by atoms with E-state index < -0.39 is 26.8 Å². The Morgan fingerprint density at radius 1 is 1.03 bits per heavy atom. The highest BCUT2D eigenvalue weighted by Gasteiger charge is 2.31. The van der Waals surface area contributed by atoms with E-state index in [1.54, 1.807) is 18.3 Å². The lowest BCUT2D eigenvalue weighted by Gasteiger charge is -2.14. The molecule has 0 unspecified atom stereocenters. The zero-order valence-electron chi connectivity index (χ0n) is 17.7. The number of hydrogen-bond donors (Lipinski definition) is 3. The molecule has 32 heavy (non-hydrogen) atoms. The molecule has 0 aliphatic rings. The molecular weight excluding hydrogens is 426 g/mol. The number of carboxylic acid groups (broad SMARTS) is 1. The van der Waals surface area contributed by atoms with Crippen molar-refractivity contribution in [2.45, 2.75) is 19.9 Å².